The number of esters is 2. The molecule has 0 amide bonds. The number of pyridine rings is 1. The predicted octanol–water partition coefficient (Wildman–Crippen LogP) is 2.81. The second kappa shape index (κ2) is 9.07. The Balaban J connectivity index is 2.73. The van der Waals surface area contributed by atoms with Crippen LogP contribution < -0.4 is 0 Å². The highest BCUT2D eigenvalue weighted by molar-refractivity contribution is 5.80. The molecule has 0 aliphatic heterocycles. The Bertz CT molecular complexity index is 419. The average Bonchev–Trinajstić information content (AvgIpc) is 2.46. The Labute approximate surface area is 119 Å². The maximum absolute atomic E-state index is 12.0. The average molecular weight is 279 g/mol. The Morgan fingerprint density at radius 2 is 2.05 bits per heavy atom. The van der Waals surface area contributed by atoms with Crippen molar-refractivity contribution in [2.24, 2.45) is 0 Å². The highest BCUT2D eigenvalue weighted by Crippen LogP contribution is 2.18. The molecule has 5 heteroatoms. The molecular formula is C15H21NO4. The van der Waals surface area contributed by atoms with Crippen LogP contribution in [0.3, 0.4) is 0 Å². The van der Waals surface area contributed by atoms with Gasteiger partial charge < -0.3 is 9.47 Å². The van der Waals surface area contributed by atoms with Gasteiger partial charge in [0.1, 0.15) is 0 Å². The fourth-order valence-corrected chi connectivity index (χ4v) is 1.55. The van der Waals surface area contributed by atoms with Gasteiger partial charge in [-0.3, -0.25) is 9.78 Å². The van der Waals surface area contributed by atoms with Crippen LogP contribution in [0.4, 0.5) is 0 Å². The second-order valence-electron chi connectivity index (χ2n) is 4.40. The largest absolute Gasteiger partial charge is 0.463 e. The monoisotopic (exact) mass is 279 g/mol. The summed E-state index contributed by atoms with van der Waals surface area (Å²) in [5, 5.41) is 0. The van der Waals surface area contributed by atoms with E-state index in [1.54, 1.807) is 24.4 Å². The first-order chi connectivity index (χ1) is 9.69. The minimum Gasteiger partial charge on any atom is -0.463 e. The number of carbonyl (C=O) groups is 2. The van der Waals surface area contributed by atoms with Gasteiger partial charge in [-0.05, 0) is 25.0 Å². The van der Waals surface area contributed by atoms with Gasteiger partial charge in [-0.15, -0.1) is 0 Å². The van der Waals surface area contributed by atoms with Crippen molar-refractivity contribution in [2.45, 2.75) is 45.6 Å². The SMILES string of the molecule is CCCCOC(=O)C(OC(=O)CCC)c1ccccn1. The zero-order chi connectivity index (χ0) is 14.8. The van der Waals surface area contributed by atoms with Crippen LogP contribution in [0.2, 0.25) is 0 Å². The maximum Gasteiger partial charge on any atom is 0.353 e. The fraction of sp³-hybridized carbons (Fsp3) is 0.533. The van der Waals surface area contributed by atoms with Crippen molar-refractivity contribution < 1.29 is 19.1 Å². The lowest BCUT2D eigenvalue weighted by Gasteiger charge is -2.16. The van der Waals surface area contributed by atoms with E-state index in [0.29, 0.717) is 18.7 Å². The highest BCUT2D eigenvalue weighted by Gasteiger charge is 2.27. The molecule has 5 nitrogen and oxygen atoms in total. The molecule has 0 N–H and O–H groups in total. The topological polar surface area (TPSA) is 65.5 Å². The van der Waals surface area contributed by atoms with Gasteiger partial charge in [-0.1, -0.05) is 26.3 Å². The number of ether oxygens (including phenoxy) is 2. The van der Waals surface area contributed by atoms with Crippen molar-refractivity contribution in [1.82, 2.24) is 4.98 Å². The van der Waals surface area contributed by atoms with Crippen molar-refractivity contribution in [3.8, 4) is 0 Å². The normalized spacial score (nSPS) is 11.7. The van der Waals surface area contributed by atoms with Gasteiger partial charge in [0.25, 0.3) is 0 Å². The quantitative estimate of drug-likeness (QED) is 0.541. The molecule has 1 aromatic rings. The summed E-state index contributed by atoms with van der Waals surface area (Å²) in [6.45, 7) is 4.20. The van der Waals surface area contributed by atoms with Gasteiger partial charge >= 0.3 is 11.9 Å². The van der Waals surface area contributed by atoms with E-state index >= 15 is 0 Å². The first kappa shape index (κ1) is 16.1. The summed E-state index contributed by atoms with van der Waals surface area (Å²) in [4.78, 5) is 27.7. The van der Waals surface area contributed by atoms with E-state index in [1.807, 2.05) is 13.8 Å². The summed E-state index contributed by atoms with van der Waals surface area (Å²) < 4.78 is 10.3. The third-order valence-electron chi connectivity index (χ3n) is 2.62. The van der Waals surface area contributed by atoms with Gasteiger partial charge in [-0.2, -0.15) is 0 Å². The fourth-order valence-electron chi connectivity index (χ4n) is 1.55. The Kier molecular flexibility index (Phi) is 7.32. The van der Waals surface area contributed by atoms with E-state index in [0.717, 1.165) is 12.8 Å². The third-order valence-corrected chi connectivity index (χ3v) is 2.62. The van der Waals surface area contributed by atoms with E-state index < -0.39 is 18.0 Å². The summed E-state index contributed by atoms with van der Waals surface area (Å²) in [6.07, 6.45) is 3.12. The van der Waals surface area contributed by atoms with Crippen LogP contribution in [0.1, 0.15) is 51.3 Å². The lowest BCUT2D eigenvalue weighted by atomic mass is 10.2. The van der Waals surface area contributed by atoms with E-state index in [2.05, 4.69) is 4.98 Å². The molecule has 0 aliphatic rings. The zero-order valence-corrected chi connectivity index (χ0v) is 12.0. The Hall–Kier alpha value is -1.91. The molecule has 1 heterocycles. The molecule has 1 aromatic heterocycles. The highest BCUT2D eigenvalue weighted by atomic mass is 16.6. The molecule has 110 valence electrons. The molecule has 0 spiro atoms. The minimum atomic E-state index is -1.08. The standard InChI is InChI=1S/C15H21NO4/c1-3-5-11-19-15(18)14(20-13(17)8-4-2)12-9-6-7-10-16-12/h6-7,9-10,14H,3-5,8,11H2,1-2H3. The molecule has 0 fully saturated rings. The Morgan fingerprint density at radius 3 is 2.65 bits per heavy atom. The van der Waals surface area contributed by atoms with Crippen LogP contribution in [-0.2, 0) is 19.1 Å². The number of aromatic nitrogens is 1. The van der Waals surface area contributed by atoms with Crippen molar-refractivity contribution >= 4 is 11.9 Å². The molecule has 0 bridgehead atoms. The van der Waals surface area contributed by atoms with Crippen LogP contribution in [0.25, 0.3) is 0 Å². The summed E-state index contributed by atoms with van der Waals surface area (Å²) in [5.41, 5.74) is 0.387. The molecule has 0 saturated heterocycles. The van der Waals surface area contributed by atoms with Crippen molar-refractivity contribution in [3.05, 3.63) is 30.1 Å². The molecular weight excluding hydrogens is 258 g/mol. The molecule has 20 heavy (non-hydrogen) atoms. The number of carbonyl (C=O) groups excluding carboxylic acids is 2. The lowest BCUT2D eigenvalue weighted by molar-refractivity contribution is -0.169. The van der Waals surface area contributed by atoms with Crippen molar-refractivity contribution in [3.63, 3.8) is 0 Å². The van der Waals surface area contributed by atoms with Crippen molar-refractivity contribution in [1.29, 1.82) is 0 Å². The van der Waals surface area contributed by atoms with E-state index in [1.165, 1.54) is 0 Å². The third kappa shape index (κ3) is 5.38. The van der Waals surface area contributed by atoms with Gasteiger partial charge in [0, 0.05) is 12.6 Å². The number of hydrogen-bond acceptors (Lipinski definition) is 5. The van der Waals surface area contributed by atoms with Crippen LogP contribution in [0.5, 0.6) is 0 Å². The van der Waals surface area contributed by atoms with Gasteiger partial charge in [-0.25, -0.2) is 4.79 Å². The lowest BCUT2D eigenvalue weighted by Crippen LogP contribution is -2.23. The summed E-state index contributed by atoms with van der Waals surface area (Å²) >= 11 is 0. The first-order valence-corrected chi connectivity index (χ1v) is 6.96. The van der Waals surface area contributed by atoms with Crippen molar-refractivity contribution in [2.75, 3.05) is 6.61 Å². The molecule has 0 aromatic carbocycles. The second-order valence-corrected chi connectivity index (χ2v) is 4.40. The van der Waals surface area contributed by atoms with Crippen LogP contribution in [-0.4, -0.2) is 23.5 Å². The number of unbranched alkanes of at least 4 members (excludes halogenated alkanes) is 1. The van der Waals surface area contributed by atoms with Gasteiger partial charge in [0.2, 0.25) is 6.10 Å². The summed E-state index contributed by atoms with van der Waals surface area (Å²) in [5.74, 6) is -0.989. The van der Waals surface area contributed by atoms with Gasteiger partial charge in [0.05, 0.1) is 12.3 Å². The molecule has 0 saturated carbocycles. The molecule has 1 rings (SSSR count). The number of rotatable bonds is 8. The number of nitrogens with zero attached hydrogens (tertiary/aromatic N) is 1. The number of hydrogen-bond donors (Lipinski definition) is 0. The van der Waals surface area contributed by atoms with Crippen LogP contribution >= 0.6 is 0 Å². The molecule has 1 atom stereocenters. The van der Waals surface area contributed by atoms with E-state index in [4.69, 9.17) is 9.47 Å². The van der Waals surface area contributed by atoms with E-state index in [-0.39, 0.29) is 6.42 Å². The first-order valence-electron chi connectivity index (χ1n) is 6.96. The molecule has 0 aliphatic carbocycles. The summed E-state index contributed by atoms with van der Waals surface area (Å²) in [7, 11) is 0. The zero-order valence-electron chi connectivity index (χ0n) is 12.0. The van der Waals surface area contributed by atoms with Crippen LogP contribution in [0.15, 0.2) is 24.4 Å². The predicted molar refractivity (Wildman–Crippen MR) is 73.8 cm³/mol. The maximum atomic E-state index is 12.0. The van der Waals surface area contributed by atoms with Gasteiger partial charge in [0.15, 0.2) is 0 Å². The summed E-state index contributed by atoms with van der Waals surface area (Å²) in [6, 6.07) is 5.12. The smallest absolute Gasteiger partial charge is 0.353 e. The minimum absolute atomic E-state index is 0.269. The molecule has 1 unspecified atom stereocenters. The Morgan fingerprint density at radius 1 is 1.25 bits per heavy atom. The van der Waals surface area contributed by atoms with Crippen LogP contribution in [0, 0.1) is 0 Å². The molecule has 0 radical (unpaired) electrons. The van der Waals surface area contributed by atoms with E-state index in [9.17, 15) is 9.59 Å².